The van der Waals surface area contributed by atoms with Crippen LogP contribution in [0.1, 0.15) is 24.2 Å². The Morgan fingerprint density at radius 3 is 2.70 bits per heavy atom. The lowest BCUT2D eigenvalue weighted by Gasteiger charge is -2.13. The first-order chi connectivity index (χ1) is 8.97. The van der Waals surface area contributed by atoms with Crippen molar-refractivity contribution < 1.29 is 9.72 Å². The summed E-state index contributed by atoms with van der Waals surface area (Å²) in [4.78, 5) is 22.0. The fourth-order valence-electron chi connectivity index (χ4n) is 1.67. The summed E-state index contributed by atoms with van der Waals surface area (Å²) < 4.78 is 0. The molecule has 1 aromatic rings. The summed E-state index contributed by atoms with van der Waals surface area (Å²) in [5.74, 6) is -0.411. The summed E-state index contributed by atoms with van der Waals surface area (Å²) in [7, 11) is 0. The Labute approximate surface area is 123 Å². The summed E-state index contributed by atoms with van der Waals surface area (Å²) in [6, 6.07) is 4.30. The Balaban J connectivity index is 0.00000361. The normalized spacial score (nSPS) is 11.3. The molecule has 0 radical (unpaired) electrons. The zero-order valence-corrected chi connectivity index (χ0v) is 12.2. The summed E-state index contributed by atoms with van der Waals surface area (Å²) in [6.45, 7) is 5.13. The molecular formula is C12H19ClN4O3. The number of anilines is 1. The van der Waals surface area contributed by atoms with E-state index in [1.807, 2.05) is 13.8 Å². The molecule has 0 saturated carbocycles. The van der Waals surface area contributed by atoms with E-state index in [2.05, 4.69) is 10.6 Å². The lowest BCUT2D eigenvalue weighted by atomic mass is 10.1. The SMILES string of the molecule is CCN[C@H](C)CNC(=O)c1cccc([N+](=O)[O-])c1N.Cl. The number of nitrogens with two attached hydrogens (primary N) is 1. The number of nitro groups is 1. The highest BCUT2D eigenvalue weighted by atomic mass is 35.5. The van der Waals surface area contributed by atoms with Crippen LogP contribution < -0.4 is 16.4 Å². The smallest absolute Gasteiger partial charge is 0.292 e. The molecule has 1 atom stereocenters. The first kappa shape index (κ1) is 18.1. The molecular weight excluding hydrogens is 284 g/mol. The third-order valence-electron chi connectivity index (χ3n) is 2.65. The fraction of sp³-hybridized carbons (Fsp3) is 0.417. The Morgan fingerprint density at radius 2 is 2.15 bits per heavy atom. The monoisotopic (exact) mass is 302 g/mol. The molecule has 0 unspecified atom stereocenters. The number of nitrogens with zero attached hydrogens (tertiary/aromatic N) is 1. The quantitative estimate of drug-likeness (QED) is 0.417. The summed E-state index contributed by atoms with van der Waals surface area (Å²) in [6.07, 6.45) is 0. The van der Waals surface area contributed by atoms with Crippen LogP contribution in [-0.4, -0.2) is 30.0 Å². The zero-order chi connectivity index (χ0) is 14.4. The van der Waals surface area contributed by atoms with E-state index in [1.165, 1.54) is 18.2 Å². The van der Waals surface area contributed by atoms with Crippen LogP contribution in [0.15, 0.2) is 18.2 Å². The predicted molar refractivity (Wildman–Crippen MR) is 80.2 cm³/mol. The van der Waals surface area contributed by atoms with E-state index < -0.39 is 10.8 Å². The second-order valence-electron chi connectivity index (χ2n) is 4.16. The highest BCUT2D eigenvalue weighted by molar-refractivity contribution is 6.00. The van der Waals surface area contributed by atoms with Gasteiger partial charge in [0.15, 0.2) is 0 Å². The average Bonchev–Trinajstić information content (AvgIpc) is 2.36. The van der Waals surface area contributed by atoms with Crippen molar-refractivity contribution in [2.45, 2.75) is 19.9 Å². The van der Waals surface area contributed by atoms with Crippen LogP contribution in [0.3, 0.4) is 0 Å². The van der Waals surface area contributed by atoms with Crippen LogP contribution >= 0.6 is 12.4 Å². The molecule has 0 spiro atoms. The van der Waals surface area contributed by atoms with Gasteiger partial charge < -0.3 is 16.4 Å². The first-order valence-electron chi connectivity index (χ1n) is 6.01. The van der Waals surface area contributed by atoms with Gasteiger partial charge in [0, 0.05) is 18.7 Å². The van der Waals surface area contributed by atoms with Gasteiger partial charge in [-0.05, 0) is 19.5 Å². The van der Waals surface area contributed by atoms with E-state index in [0.29, 0.717) is 6.54 Å². The zero-order valence-electron chi connectivity index (χ0n) is 11.4. The lowest BCUT2D eigenvalue weighted by molar-refractivity contribution is -0.383. The molecule has 0 aliphatic rings. The number of amides is 1. The van der Waals surface area contributed by atoms with Crippen molar-refractivity contribution in [1.82, 2.24) is 10.6 Å². The van der Waals surface area contributed by atoms with Crippen molar-refractivity contribution in [3.8, 4) is 0 Å². The molecule has 0 fully saturated rings. The van der Waals surface area contributed by atoms with Gasteiger partial charge in [0.25, 0.3) is 11.6 Å². The minimum atomic E-state index is -0.604. The number of halogens is 1. The van der Waals surface area contributed by atoms with Gasteiger partial charge in [0.05, 0.1) is 10.5 Å². The highest BCUT2D eigenvalue weighted by Gasteiger charge is 2.18. The van der Waals surface area contributed by atoms with E-state index in [-0.39, 0.29) is 35.4 Å². The number of carbonyl (C=O) groups excluding carboxylic acids is 1. The molecule has 4 N–H and O–H groups in total. The Kier molecular flexibility index (Phi) is 7.56. The number of hydrogen-bond acceptors (Lipinski definition) is 5. The third kappa shape index (κ3) is 4.67. The van der Waals surface area contributed by atoms with Crippen LogP contribution in [0.4, 0.5) is 11.4 Å². The number of hydrogen-bond donors (Lipinski definition) is 3. The highest BCUT2D eigenvalue weighted by Crippen LogP contribution is 2.24. The Morgan fingerprint density at radius 1 is 1.50 bits per heavy atom. The minimum absolute atomic E-state index is 0. The van der Waals surface area contributed by atoms with Crippen molar-refractivity contribution in [3.05, 3.63) is 33.9 Å². The maximum atomic E-state index is 11.9. The van der Waals surface area contributed by atoms with Gasteiger partial charge in [0.1, 0.15) is 5.69 Å². The maximum absolute atomic E-state index is 11.9. The van der Waals surface area contributed by atoms with Gasteiger partial charge >= 0.3 is 0 Å². The molecule has 1 aromatic carbocycles. The first-order valence-corrected chi connectivity index (χ1v) is 6.01. The molecule has 0 aliphatic carbocycles. The summed E-state index contributed by atoms with van der Waals surface area (Å²) in [5.41, 5.74) is 5.39. The van der Waals surface area contributed by atoms with Crippen molar-refractivity contribution in [2.24, 2.45) is 0 Å². The van der Waals surface area contributed by atoms with E-state index in [1.54, 1.807) is 0 Å². The number of rotatable bonds is 6. The molecule has 1 amide bonds. The van der Waals surface area contributed by atoms with Crippen molar-refractivity contribution in [3.63, 3.8) is 0 Å². The second-order valence-corrected chi connectivity index (χ2v) is 4.16. The molecule has 0 aliphatic heterocycles. The second kappa shape index (κ2) is 8.34. The van der Waals surface area contributed by atoms with Crippen LogP contribution in [0.2, 0.25) is 0 Å². The Hall–Kier alpha value is -1.86. The number of para-hydroxylation sites is 1. The van der Waals surface area contributed by atoms with Gasteiger partial charge in [-0.25, -0.2) is 0 Å². The van der Waals surface area contributed by atoms with Gasteiger partial charge in [0.2, 0.25) is 0 Å². The lowest BCUT2D eigenvalue weighted by Crippen LogP contribution is -2.39. The molecule has 20 heavy (non-hydrogen) atoms. The van der Waals surface area contributed by atoms with Crippen LogP contribution in [0, 0.1) is 10.1 Å². The fourth-order valence-corrected chi connectivity index (χ4v) is 1.67. The van der Waals surface area contributed by atoms with E-state index in [4.69, 9.17) is 5.73 Å². The molecule has 1 rings (SSSR count). The van der Waals surface area contributed by atoms with Crippen LogP contribution in [-0.2, 0) is 0 Å². The number of benzene rings is 1. The maximum Gasteiger partial charge on any atom is 0.292 e. The van der Waals surface area contributed by atoms with E-state index >= 15 is 0 Å². The molecule has 0 aromatic heterocycles. The van der Waals surface area contributed by atoms with Crippen LogP contribution in [0.25, 0.3) is 0 Å². The largest absolute Gasteiger partial charge is 0.393 e. The molecule has 0 heterocycles. The van der Waals surface area contributed by atoms with Gasteiger partial charge in [-0.15, -0.1) is 12.4 Å². The van der Waals surface area contributed by atoms with Crippen molar-refractivity contribution in [2.75, 3.05) is 18.8 Å². The van der Waals surface area contributed by atoms with Gasteiger partial charge in [-0.3, -0.25) is 14.9 Å². The van der Waals surface area contributed by atoms with Crippen molar-refractivity contribution >= 4 is 29.7 Å². The predicted octanol–water partition coefficient (Wildman–Crippen LogP) is 1.33. The van der Waals surface area contributed by atoms with E-state index in [0.717, 1.165) is 6.54 Å². The molecule has 8 heteroatoms. The third-order valence-corrected chi connectivity index (χ3v) is 2.65. The number of likely N-dealkylation sites (N-methyl/N-ethyl adjacent to an activating group) is 1. The molecule has 0 saturated heterocycles. The van der Waals surface area contributed by atoms with Crippen molar-refractivity contribution in [1.29, 1.82) is 0 Å². The topological polar surface area (TPSA) is 110 Å². The van der Waals surface area contributed by atoms with Gasteiger partial charge in [-0.1, -0.05) is 13.0 Å². The standard InChI is InChI=1S/C12H18N4O3.ClH/c1-3-14-8(2)7-15-12(17)9-5-4-6-10(11(9)13)16(18)19;/h4-6,8,14H,3,7,13H2,1-2H3,(H,15,17);1H/t8-;/m1./s1. The number of carbonyl (C=O) groups is 1. The molecule has 0 bridgehead atoms. The average molecular weight is 303 g/mol. The molecule has 7 nitrogen and oxygen atoms in total. The summed E-state index contributed by atoms with van der Waals surface area (Å²) >= 11 is 0. The number of nitrogen functional groups attached to an aromatic ring is 1. The number of nitrogens with one attached hydrogen (secondary N) is 2. The molecule has 112 valence electrons. The Bertz CT molecular complexity index is 482. The van der Waals surface area contributed by atoms with E-state index in [9.17, 15) is 14.9 Å². The number of nitro benzene ring substituents is 1. The van der Waals surface area contributed by atoms with Crippen LogP contribution in [0.5, 0.6) is 0 Å². The van der Waals surface area contributed by atoms with Gasteiger partial charge in [-0.2, -0.15) is 0 Å². The summed E-state index contributed by atoms with van der Waals surface area (Å²) in [5, 5.41) is 16.6. The minimum Gasteiger partial charge on any atom is -0.393 e.